The molecule has 1 saturated heterocycles. The van der Waals surface area contributed by atoms with Gasteiger partial charge in [0.25, 0.3) is 5.91 Å². The third kappa shape index (κ3) is 8.07. The molecule has 0 radical (unpaired) electrons. The number of fused-ring (bicyclic) bond motifs is 3. The van der Waals surface area contributed by atoms with Gasteiger partial charge in [-0.25, -0.2) is 18.2 Å². The van der Waals surface area contributed by atoms with Crippen molar-refractivity contribution in [3.8, 4) is 5.88 Å². The number of carbonyl (C=O) groups excluding carboxylic acids is 4. The number of hydrogen-bond acceptors (Lipinski definition) is 9. The van der Waals surface area contributed by atoms with Gasteiger partial charge >= 0.3 is 6.09 Å². The normalized spacial score (nSPS) is 28.9. The summed E-state index contributed by atoms with van der Waals surface area (Å²) in [6.07, 6.45) is 9.36. The average molecular weight is 674 g/mol. The highest BCUT2D eigenvalue weighted by Gasteiger charge is 2.62. The monoisotopic (exact) mass is 673 g/mol. The molecule has 2 aliphatic carbocycles. The molecule has 13 nitrogen and oxygen atoms in total. The number of alkyl carbamates (subject to hydrolysis) is 1. The average Bonchev–Trinajstić information content (AvgIpc) is 3.93. The van der Waals surface area contributed by atoms with E-state index in [1.54, 1.807) is 12.3 Å². The number of allylic oxidation sites excluding steroid dienone is 1. The van der Waals surface area contributed by atoms with Crippen LogP contribution in [0.15, 0.2) is 24.4 Å². The van der Waals surface area contributed by atoms with Gasteiger partial charge in [-0.2, -0.15) is 0 Å². The highest BCUT2D eigenvalue weighted by Crippen LogP contribution is 2.47. The lowest BCUT2D eigenvalue weighted by Gasteiger charge is -2.35. The minimum absolute atomic E-state index is 0.0203. The van der Waals surface area contributed by atoms with Crippen LogP contribution in [0.25, 0.3) is 6.08 Å². The molecule has 0 unspecified atom stereocenters. The Morgan fingerprint density at radius 3 is 2.62 bits per heavy atom. The predicted octanol–water partition coefficient (Wildman–Crippen LogP) is 3.05. The van der Waals surface area contributed by atoms with Gasteiger partial charge in [0.2, 0.25) is 27.7 Å². The summed E-state index contributed by atoms with van der Waals surface area (Å²) in [5.41, 5.74) is -1.39. The fourth-order valence-electron chi connectivity index (χ4n) is 6.35. The Bertz CT molecular complexity index is 1500. The number of carbonyl (C=O) groups is 4. The number of ether oxygens (including phenoxy) is 2. The quantitative estimate of drug-likeness (QED) is 0.410. The SMILES string of the molecule is CC[C@@H]1C[C@]1(NC(=O)[C@@H]1C[C@H]2CN1C(=O)[C@H](C(C)(C)C)NC(=O)OCCCCCC=Cc1cccnc1O2)C(=O)NS(=O)(=O)C1CC1. The van der Waals surface area contributed by atoms with Crippen molar-refractivity contribution in [2.24, 2.45) is 11.3 Å². The molecule has 2 bridgehead atoms. The summed E-state index contributed by atoms with van der Waals surface area (Å²) in [6, 6.07) is 1.58. The van der Waals surface area contributed by atoms with Gasteiger partial charge in [0, 0.05) is 18.2 Å². The Balaban J connectivity index is 1.44. The van der Waals surface area contributed by atoms with Crippen molar-refractivity contribution in [3.05, 3.63) is 30.0 Å². The minimum Gasteiger partial charge on any atom is -0.472 e. The Hall–Kier alpha value is -3.68. The zero-order valence-corrected chi connectivity index (χ0v) is 28.4. The van der Waals surface area contributed by atoms with Crippen LogP contribution >= 0.6 is 0 Å². The molecule has 1 aromatic heterocycles. The summed E-state index contributed by atoms with van der Waals surface area (Å²) in [5, 5.41) is 4.98. The number of rotatable bonds is 6. The fraction of sp³-hybridized carbons (Fsp3) is 0.667. The summed E-state index contributed by atoms with van der Waals surface area (Å²) in [7, 11) is -3.84. The third-order valence-corrected chi connectivity index (χ3v) is 11.2. The predicted molar refractivity (Wildman–Crippen MR) is 173 cm³/mol. The second-order valence-corrected chi connectivity index (χ2v) is 16.1. The summed E-state index contributed by atoms with van der Waals surface area (Å²) in [6.45, 7) is 7.52. The first-order valence-corrected chi connectivity index (χ1v) is 18.2. The van der Waals surface area contributed by atoms with E-state index in [1.807, 2.05) is 45.9 Å². The summed E-state index contributed by atoms with van der Waals surface area (Å²) >= 11 is 0. The van der Waals surface area contributed by atoms with Crippen LogP contribution in [-0.4, -0.2) is 84.2 Å². The zero-order chi connectivity index (χ0) is 34.0. The molecule has 2 saturated carbocycles. The van der Waals surface area contributed by atoms with Crippen molar-refractivity contribution >= 4 is 39.9 Å². The number of amides is 4. The van der Waals surface area contributed by atoms with Crippen molar-refractivity contribution in [2.75, 3.05) is 13.2 Å². The molecule has 5 atom stereocenters. The maximum Gasteiger partial charge on any atom is 0.407 e. The maximum atomic E-state index is 14.3. The van der Waals surface area contributed by atoms with E-state index in [0.717, 1.165) is 24.8 Å². The van der Waals surface area contributed by atoms with Crippen molar-refractivity contribution < 1.29 is 37.1 Å². The molecule has 3 N–H and O–H groups in total. The van der Waals surface area contributed by atoms with Crippen LogP contribution in [0.2, 0.25) is 0 Å². The van der Waals surface area contributed by atoms with E-state index in [4.69, 9.17) is 9.47 Å². The first-order valence-electron chi connectivity index (χ1n) is 16.6. The number of pyridine rings is 1. The number of hydrogen-bond donors (Lipinski definition) is 3. The second kappa shape index (κ2) is 13.8. The van der Waals surface area contributed by atoms with E-state index in [9.17, 15) is 27.6 Å². The standard InChI is InChI=1S/C33H47N5O8S/c1-5-22-19-33(22,30(41)37-47(43,44)24-14-15-24)36-27(39)25-18-23-20-38(25)29(40)26(32(2,3)4)35-31(42)45-17-10-8-6-7-9-12-21-13-11-16-34-28(21)46-23/h9,11-13,16,22-26H,5-8,10,14-15,17-20H2,1-4H3,(H,35,42)(H,36,39)(H,37,41)/t22-,23+,25+,26-,33-/m1/s1. The zero-order valence-electron chi connectivity index (χ0n) is 27.6. The molecular weight excluding hydrogens is 626 g/mol. The Morgan fingerprint density at radius 1 is 1.17 bits per heavy atom. The van der Waals surface area contributed by atoms with E-state index < -0.39 is 68.2 Å². The molecule has 47 heavy (non-hydrogen) atoms. The van der Waals surface area contributed by atoms with Gasteiger partial charge in [-0.15, -0.1) is 0 Å². The van der Waals surface area contributed by atoms with Crippen LogP contribution < -0.4 is 20.1 Å². The Labute approximate surface area is 276 Å². The highest BCUT2D eigenvalue weighted by molar-refractivity contribution is 7.91. The van der Waals surface area contributed by atoms with Crippen LogP contribution in [0.3, 0.4) is 0 Å². The number of nitrogens with one attached hydrogen (secondary N) is 3. The van der Waals surface area contributed by atoms with Crippen LogP contribution in [0.1, 0.15) is 91.0 Å². The van der Waals surface area contributed by atoms with E-state index in [1.165, 1.54) is 4.90 Å². The largest absolute Gasteiger partial charge is 0.472 e. The molecule has 4 aliphatic rings. The maximum absolute atomic E-state index is 14.3. The molecule has 3 heterocycles. The van der Waals surface area contributed by atoms with Crippen LogP contribution in [0.4, 0.5) is 4.79 Å². The van der Waals surface area contributed by atoms with Crippen molar-refractivity contribution in [1.82, 2.24) is 25.2 Å². The lowest BCUT2D eigenvalue weighted by atomic mass is 9.85. The van der Waals surface area contributed by atoms with Gasteiger partial charge in [-0.3, -0.25) is 19.1 Å². The summed E-state index contributed by atoms with van der Waals surface area (Å²) < 4.78 is 39.2. The first kappa shape index (κ1) is 34.6. The molecule has 4 amide bonds. The minimum atomic E-state index is -3.84. The van der Waals surface area contributed by atoms with Crippen molar-refractivity contribution in [1.29, 1.82) is 0 Å². The molecule has 258 valence electrons. The molecule has 2 aliphatic heterocycles. The van der Waals surface area contributed by atoms with Crippen molar-refractivity contribution in [3.63, 3.8) is 0 Å². The second-order valence-electron chi connectivity index (χ2n) is 14.2. The summed E-state index contributed by atoms with van der Waals surface area (Å²) in [5.74, 6) is -1.75. The fourth-order valence-corrected chi connectivity index (χ4v) is 7.71. The Morgan fingerprint density at radius 2 is 1.94 bits per heavy atom. The number of cyclic esters (lactones) is 1. The van der Waals surface area contributed by atoms with Crippen LogP contribution in [-0.2, 0) is 29.1 Å². The molecule has 0 aromatic carbocycles. The number of nitrogens with zero attached hydrogens (tertiary/aromatic N) is 2. The summed E-state index contributed by atoms with van der Waals surface area (Å²) in [4.78, 5) is 60.4. The van der Waals surface area contributed by atoms with Gasteiger partial charge in [0.05, 0.1) is 18.4 Å². The third-order valence-electron chi connectivity index (χ3n) is 9.40. The van der Waals surface area contributed by atoms with E-state index in [0.29, 0.717) is 31.6 Å². The Kier molecular flexibility index (Phi) is 10.2. The number of sulfonamides is 1. The van der Waals surface area contributed by atoms with Gasteiger partial charge in [-0.1, -0.05) is 46.3 Å². The van der Waals surface area contributed by atoms with Crippen LogP contribution in [0.5, 0.6) is 5.88 Å². The van der Waals surface area contributed by atoms with Gasteiger partial charge < -0.3 is 25.0 Å². The van der Waals surface area contributed by atoms with E-state index in [-0.39, 0.29) is 31.9 Å². The lowest BCUT2D eigenvalue weighted by Crippen LogP contribution is -2.60. The van der Waals surface area contributed by atoms with E-state index in [2.05, 4.69) is 20.3 Å². The van der Waals surface area contributed by atoms with Gasteiger partial charge in [0.15, 0.2) is 0 Å². The topological polar surface area (TPSA) is 173 Å². The molecule has 0 spiro atoms. The lowest BCUT2D eigenvalue weighted by molar-refractivity contribution is -0.143. The molecule has 5 rings (SSSR count). The number of aromatic nitrogens is 1. The molecule has 14 heteroatoms. The molecule has 3 fully saturated rings. The highest BCUT2D eigenvalue weighted by atomic mass is 32.2. The van der Waals surface area contributed by atoms with Crippen molar-refractivity contribution in [2.45, 2.75) is 114 Å². The molecule has 1 aromatic rings. The smallest absolute Gasteiger partial charge is 0.407 e. The molecular formula is C33H47N5O8S. The first-order chi connectivity index (χ1) is 22.2. The van der Waals surface area contributed by atoms with Crippen LogP contribution in [0, 0.1) is 11.3 Å². The van der Waals surface area contributed by atoms with Gasteiger partial charge in [0.1, 0.15) is 23.7 Å². The van der Waals surface area contributed by atoms with Gasteiger partial charge in [-0.05, 0) is 68.4 Å². The van der Waals surface area contributed by atoms with E-state index >= 15 is 0 Å².